The summed E-state index contributed by atoms with van der Waals surface area (Å²) >= 11 is 0. The molecule has 0 spiro atoms. The minimum atomic E-state index is -0.608. The summed E-state index contributed by atoms with van der Waals surface area (Å²) in [5.41, 5.74) is 2.15. The molecule has 0 saturated carbocycles. The van der Waals surface area contributed by atoms with Gasteiger partial charge in [-0.2, -0.15) is 5.10 Å². The van der Waals surface area contributed by atoms with Gasteiger partial charge < -0.3 is 10.1 Å². The van der Waals surface area contributed by atoms with Crippen molar-refractivity contribution in [3.05, 3.63) is 48.3 Å². The highest BCUT2D eigenvalue weighted by molar-refractivity contribution is 5.95. The first-order chi connectivity index (χ1) is 10.6. The minimum absolute atomic E-state index is 0.230. The van der Waals surface area contributed by atoms with Gasteiger partial charge in [0.1, 0.15) is 5.75 Å². The fraction of sp³-hybridized carbons (Fsp3) is 0.188. The lowest BCUT2D eigenvalue weighted by atomic mass is 10.2. The summed E-state index contributed by atoms with van der Waals surface area (Å²) < 4.78 is 5.59. The third-order valence-corrected chi connectivity index (χ3v) is 3.29. The van der Waals surface area contributed by atoms with Crippen molar-refractivity contribution in [2.45, 2.75) is 20.0 Å². The van der Waals surface area contributed by atoms with Crippen molar-refractivity contribution in [1.82, 2.24) is 15.2 Å². The van der Waals surface area contributed by atoms with Crippen molar-refractivity contribution in [3.8, 4) is 5.75 Å². The van der Waals surface area contributed by atoms with Gasteiger partial charge >= 0.3 is 0 Å². The molecule has 3 aromatic rings. The number of aromatic nitrogens is 3. The van der Waals surface area contributed by atoms with E-state index in [2.05, 4.69) is 20.5 Å². The number of hydrogen-bond donors (Lipinski definition) is 2. The quantitative estimate of drug-likeness (QED) is 0.775. The molecule has 0 fully saturated rings. The Morgan fingerprint density at radius 3 is 2.86 bits per heavy atom. The second kappa shape index (κ2) is 5.85. The van der Waals surface area contributed by atoms with Gasteiger partial charge in [-0.15, -0.1) is 0 Å². The van der Waals surface area contributed by atoms with Gasteiger partial charge in [-0.05, 0) is 32.0 Å². The molecule has 112 valence electrons. The predicted octanol–water partition coefficient (Wildman–Crippen LogP) is 2.67. The van der Waals surface area contributed by atoms with Crippen LogP contribution >= 0.6 is 0 Å². The minimum Gasteiger partial charge on any atom is -0.481 e. The van der Waals surface area contributed by atoms with Gasteiger partial charge in [-0.25, -0.2) is 4.98 Å². The van der Waals surface area contributed by atoms with Crippen LogP contribution in [0.1, 0.15) is 12.6 Å². The van der Waals surface area contributed by atoms with Gasteiger partial charge in [0.15, 0.2) is 11.8 Å². The van der Waals surface area contributed by atoms with E-state index in [1.54, 1.807) is 13.1 Å². The molecule has 0 aliphatic carbocycles. The molecule has 1 aromatic carbocycles. The number of carbonyl (C=O) groups is 1. The third kappa shape index (κ3) is 2.90. The summed E-state index contributed by atoms with van der Waals surface area (Å²) in [6.07, 6.45) is 0.971. The molecule has 0 aliphatic heterocycles. The molecule has 1 unspecified atom stereocenters. The zero-order valence-corrected chi connectivity index (χ0v) is 12.3. The van der Waals surface area contributed by atoms with Crippen LogP contribution in [0.5, 0.6) is 5.75 Å². The first kappa shape index (κ1) is 14.1. The molecule has 0 saturated heterocycles. The van der Waals surface area contributed by atoms with E-state index >= 15 is 0 Å². The Bertz CT molecular complexity index is 798. The van der Waals surface area contributed by atoms with Crippen LogP contribution < -0.4 is 10.1 Å². The highest BCUT2D eigenvalue weighted by Crippen LogP contribution is 2.18. The zero-order chi connectivity index (χ0) is 15.5. The number of H-pyrrole nitrogens is 1. The van der Waals surface area contributed by atoms with E-state index in [0.29, 0.717) is 17.1 Å². The number of nitrogens with one attached hydrogen (secondary N) is 2. The summed E-state index contributed by atoms with van der Waals surface area (Å²) in [6.45, 7) is 3.61. The van der Waals surface area contributed by atoms with E-state index in [1.807, 2.05) is 43.3 Å². The topological polar surface area (TPSA) is 79.9 Å². The molecular formula is C16H16N4O2. The molecule has 6 nitrogen and oxygen atoms in total. The SMILES string of the molecule is Cc1[nH]nc2ncc(NC(=O)C(C)Oc3ccccc3)cc12. The maximum absolute atomic E-state index is 12.2. The van der Waals surface area contributed by atoms with Crippen LogP contribution in [0.25, 0.3) is 11.0 Å². The van der Waals surface area contributed by atoms with Gasteiger partial charge in [0.25, 0.3) is 5.91 Å². The van der Waals surface area contributed by atoms with Gasteiger partial charge in [0, 0.05) is 11.1 Å². The van der Waals surface area contributed by atoms with Gasteiger partial charge in [-0.1, -0.05) is 18.2 Å². The monoisotopic (exact) mass is 296 g/mol. The number of hydrogen-bond acceptors (Lipinski definition) is 4. The Kier molecular flexibility index (Phi) is 3.74. The third-order valence-electron chi connectivity index (χ3n) is 3.29. The molecule has 1 amide bonds. The van der Waals surface area contributed by atoms with Crippen molar-refractivity contribution in [3.63, 3.8) is 0 Å². The average Bonchev–Trinajstić information content (AvgIpc) is 2.89. The Morgan fingerprint density at radius 1 is 1.32 bits per heavy atom. The molecule has 2 N–H and O–H groups in total. The lowest BCUT2D eigenvalue weighted by molar-refractivity contribution is -0.122. The summed E-state index contributed by atoms with van der Waals surface area (Å²) in [5.74, 6) is 0.426. The number of anilines is 1. The van der Waals surface area contributed by atoms with Crippen molar-refractivity contribution in [2.75, 3.05) is 5.32 Å². The molecular weight excluding hydrogens is 280 g/mol. The Balaban J connectivity index is 1.70. The number of aryl methyl sites for hydroxylation is 1. The highest BCUT2D eigenvalue weighted by Gasteiger charge is 2.15. The Morgan fingerprint density at radius 2 is 2.09 bits per heavy atom. The lowest BCUT2D eigenvalue weighted by Crippen LogP contribution is -2.30. The van der Waals surface area contributed by atoms with Crippen LogP contribution in [-0.2, 0) is 4.79 Å². The van der Waals surface area contributed by atoms with Crippen LogP contribution in [0, 0.1) is 6.92 Å². The summed E-state index contributed by atoms with van der Waals surface area (Å²) in [6, 6.07) is 11.1. The first-order valence-electron chi connectivity index (χ1n) is 6.97. The smallest absolute Gasteiger partial charge is 0.265 e. The number of rotatable bonds is 4. The molecule has 0 radical (unpaired) electrons. The Labute approximate surface area is 127 Å². The number of nitrogens with zero attached hydrogens (tertiary/aromatic N) is 2. The fourth-order valence-electron chi connectivity index (χ4n) is 2.09. The van der Waals surface area contributed by atoms with Crippen molar-refractivity contribution >= 4 is 22.6 Å². The first-order valence-corrected chi connectivity index (χ1v) is 6.97. The lowest BCUT2D eigenvalue weighted by Gasteiger charge is -2.14. The number of amides is 1. The molecule has 3 rings (SSSR count). The number of carbonyl (C=O) groups excluding carboxylic acids is 1. The van der Waals surface area contributed by atoms with Gasteiger partial charge in [0.05, 0.1) is 11.9 Å². The fourth-order valence-corrected chi connectivity index (χ4v) is 2.09. The highest BCUT2D eigenvalue weighted by atomic mass is 16.5. The van der Waals surface area contributed by atoms with Crippen LogP contribution in [0.4, 0.5) is 5.69 Å². The standard InChI is InChI=1S/C16H16N4O2/c1-10-14-8-12(9-17-15(14)20-19-10)18-16(21)11(2)22-13-6-4-3-5-7-13/h3-9,11H,1-2H3,(H,18,21)(H,17,19,20). The number of para-hydroxylation sites is 1. The van der Waals surface area contributed by atoms with E-state index in [0.717, 1.165) is 11.1 Å². The van der Waals surface area contributed by atoms with Gasteiger partial charge in [-0.3, -0.25) is 9.89 Å². The van der Waals surface area contributed by atoms with Crippen LogP contribution in [0.3, 0.4) is 0 Å². The number of aromatic amines is 1. The van der Waals surface area contributed by atoms with Crippen molar-refractivity contribution < 1.29 is 9.53 Å². The van der Waals surface area contributed by atoms with E-state index < -0.39 is 6.10 Å². The summed E-state index contributed by atoms with van der Waals surface area (Å²) in [5, 5.41) is 10.6. The maximum atomic E-state index is 12.2. The second-order valence-electron chi connectivity index (χ2n) is 5.01. The number of ether oxygens (including phenoxy) is 1. The average molecular weight is 296 g/mol. The maximum Gasteiger partial charge on any atom is 0.265 e. The number of fused-ring (bicyclic) bond motifs is 1. The molecule has 6 heteroatoms. The summed E-state index contributed by atoms with van der Waals surface area (Å²) in [7, 11) is 0. The number of benzene rings is 1. The normalized spacial score (nSPS) is 12.1. The zero-order valence-electron chi connectivity index (χ0n) is 12.3. The van der Waals surface area contributed by atoms with Gasteiger partial charge in [0.2, 0.25) is 0 Å². The van der Waals surface area contributed by atoms with Crippen molar-refractivity contribution in [2.24, 2.45) is 0 Å². The number of pyridine rings is 1. The molecule has 1 atom stereocenters. The van der Waals surface area contributed by atoms with Crippen molar-refractivity contribution in [1.29, 1.82) is 0 Å². The Hall–Kier alpha value is -2.89. The second-order valence-corrected chi connectivity index (χ2v) is 5.01. The molecule has 22 heavy (non-hydrogen) atoms. The van der Waals surface area contributed by atoms with E-state index in [9.17, 15) is 4.79 Å². The molecule has 0 bridgehead atoms. The largest absolute Gasteiger partial charge is 0.481 e. The molecule has 2 heterocycles. The van der Waals surface area contributed by atoms with Crippen LogP contribution in [0.15, 0.2) is 42.6 Å². The van der Waals surface area contributed by atoms with E-state index in [-0.39, 0.29) is 5.91 Å². The van der Waals surface area contributed by atoms with Crippen LogP contribution in [-0.4, -0.2) is 27.2 Å². The van der Waals surface area contributed by atoms with E-state index in [1.165, 1.54) is 0 Å². The summed E-state index contributed by atoms with van der Waals surface area (Å²) in [4.78, 5) is 16.4. The molecule has 2 aromatic heterocycles. The van der Waals surface area contributed by atoms with Crippen LogP contribution in [0.2, 0.25) is 0 Å². The molecule has 0 aliphatic rings. The van der Waals surface area contributed by atoms with E-state index in [4.69, 9.17) is 4.74 Å². The predicted molar refractivity (Wildman–Crippen MR) is 83.8 cm³/mol.